The van der Waals surface area contributed by atoms with Crippen molar-refractivity contribution in [2.24, 2.45) is 5.41 Å². The number of unbranched alkanes of at least 4 members (excludes halogenated alkanes) is 2. The quantitative estimate of drug-likeness (QED) is 0.181. The third-order valence-corrected chi connectivity index (χ3v) is 9.56. The number of fused-ring (bicyclic) bond motifs is 4. The van der Waals surface area contributed by atoms with Gasteiger partial charge in [0.2, 0.25) is 0 Å². The van der Waals surface area contributed by atoms with Crippen molar-refractivity contribution in [2.45, 2.75) is 19.3 Å². The predicted octanol–water partition coefficient (Wildman–Crippen LogP) is 7.52. The first-order chi connectivity index (χ1) is 21.7. The molecule has 0 amide bonds. The number of aromatic amines is 2. The summed E-state index contributed by atoms with van der Waals surface area (Å²) in [6.45, 7) is 6.47. The van der Waals surface area contributed by atoms with Crippen LogP contribution in [-0.4, -0.2) is 64.7 Å². The predicted molar refractivity (Wildman–Crippen MR) is 174 cm³/mol. The maximum absolute atomic E-state index is 6.70. The first kappa shape index (κ1) is 25.8. The van der Waals surface area contributed by atoms with Crippen LogP contribution in [0.3, 0.4) is 0 Å². The minimum absolute atomic E-state index is 0.494. The van der Waals surface area contributed by atoms with Crippen LogP contribution in [0.1, 0.15) is 19.3 Å². The first-order valence-corrected chi connectivity index (χ1v) is 15.6. The molecule has 3 aliphatic rings. The summed E-state index contributed by atoms with van der Waals surface area (Å²) in [6.07, 6.45) is 7.30. The van der Waals surface area contributed by atoms with E-state index in [4.69, 9.17) is 9.47 Å². The van der Waals surface area contributed by atoms with Gasteiger partial charge < -0.3 is 19.3 Å². The van der Waals surface area contributed by atoms with Crippen LogP contribution in [0, 0.1) is 5.41 Å². The Morgan fingerprint density at radius 1 is 0.636 bits per heavy atom. The molecule has 0 atom stereocenters. The highest BCUT2D eigenvalue weighted by Crippen LogP contribution is 2.49. The number of H-pyrrole nitrogens is 2. The molecule has 1 spiro atoms. The van der Waals surface area contributed by atoms with Gasteiger partial charge in [-0.15, -0.1) is 0 Å². The second-order valence-electron chi connectivity index (χ2n) is 12.7. The Morgan fingerprint density at radius 2 is 1.18 bits per heavy atom. The van der Waals surface area contributed by atoms with Gasteiger partial charge in [0.1, 0.15) is 0 Å². The van der Waals surface area contributed by atoms with Crippen molar-refractivity contribution >= 4 is 33.2 Å². The molecule has 2 N–H and O–H groups in total. The van der Waals surface area contributed by atoms with Gasteiger partial charge in [0, 0.05) is 35.8 Å². The van der Waals surface area contributed by atoms with Crippen LogP contribution in [0.2, 0.25) is 0 Å². The molecule has 0 bridgehead atoms. The van der Waals surface area contributed by atoms with E-state index in [9.17, 15) is 0 Å². The average Bonchev–Trinajstić information content (AvgIpc) is 3.68. The van der Waals surface area contributed by atoms with E-state index in [0.29, 0.717) is 5.41 Å². The highest BCUT2D eigenvalue weighted by atomic mass is 16.5. The fraction of sp³-hybridized carbons (Fsp3) is 0.278. The summed E-state index contributed by atoms with van der Waals surface area (Å²) >= 11 is 0. The van der Waals surface area contributed by atoms with E-state index in [0.717, 1.165) is 93.1 Å². The zero-order chi connectivity index (χ0) is 29.1. The molecular formula is C36H34N6O2. The molecule has 3 aliphatic heterocycles. The minimum Gasteiger partial charge on any atom is -0.453 e. The molecule has 8 heteroatoms. The summed E-state index contributed by atoms with van der Waals surface area (Å²) in [4.78, 5) is 5.04. The number of benzene rings is 4. The number of nitrogens with zero attached hydrogens (tertiary/aromatic N) is 4. The van der Waals surface area contributed by atoms with Crippen LogP contribution in [0.25, 0.3) is 44.1 Å². The van der Waals surface area contributed by atoms with Crippen molar-refractivity contribution in [3.05, 3.63) is 85.2 Å². The van der Waals surface area contributed by atoms with Gasteiger partial charge in [0.15, 0.2) is 11.5 Å². The molecule has 2 fully saturated rings. The van der Waals surface area contributed by atoms with E-state index in [1.165, 1.54) is 32.5 Å². The largest absolute Gasteiger partial charge is 0.453 e. The second-order valence-corrected chi connectivity index (χ2v) is 12.7. The van der Waals surface area contributed by atoms with Gasteiger partial charge in [0.25, 0.3) is 0 Å². The summed E-state index contributed by atoms with van der Waals surface area (Å²) in [7, 11) is 0. The number of nitrogens with one attached hydrogen (secondary N) is 2. The number of anilines is 2. The van der Waals surface area contributed by atoms with E-state index in [-0.39, 0.29) is 0 Å². The molecule has 0 unspecified atom stereocenters. The van der Waals surface area contributed by atoms with Gasteiger partial charge in [-0.2, -0.15) is 10.2 Å². The number of hydrogen-bond acceptors (Lipinski definition) is 6. The lowest BCUT2D eigenvalue weighted by Gasteiger charge is -2.55. The van der Waals surface area contributed by atoms with Crippen molar-refractivity contribution in [3.63, 3.8) is 0 Å². The Labute approximate surface area is 255 Å². The molecule has 4 aromatic carbocycles. The molecular weight excluding hydrogens is 548 g/mol. The normalized spacial score (nSPS) is 16.9. The van der Waals surface area contributed by atoms with E-state index in [1.54, 1.807) is 0 Å². The van der Waals surface area contributed by atoms with E-state index in [2.05, 4.69) is 103 Å². The van der Waals surface area contributed by atoms with Crippen LogP contribution in [0.15, 0.2) is 85.2 Å². The zero-order valence-corrected chi connectivity index (χ0v) is 24.6. The Morgan fingerprint density at radius 3 is 1.75 bits per heavy atom. The molecule has 2 saturated heterocycles. The second kappa shape index (κ2) is 10.2. The molecule has 2 aromatic heterocycles. The van der Waals surface area contributed by atoms with Gasteiger partial charge in [0.05, 0.1) is 48.0 Å². The molecule has 44 heavy (non-hydrogen) atoms. The molecule has 5 heterocycles. The number of hydrogen-bond donors (Lipinski definition) is 2. The number of likely N-dealkylation sites (tertiary alicyclic amines) is 1. The first-order valence-electron chi connectivity index (χ1n) is 15.6. The van der Waals surface area contributed by atoms with Crippen molar-refractivity contribution in [1.29, 1.82) is 0 Å². The summed E-state index contributed by atoms with van der Waals surface area (Å²) in [5.74, 6) is 1.77. The van der Waals surface area contributed by atoms with Crippen molar-refractivity contribution in [2.75, 3.05) is 44.3 Å². The highest BCUT2D eigenvalue weighted by Gasteiger charge is 2.48. The van der Waals surface area contributed by atoms with Gasteiger partial charge >= 0.3 is 0 Å². The van der Waals surface area contributed by atoms with Gasteiger partial charge in [-0.1, -0.05) is 30.7 Å². The molecule has 0 radical (unpaired) electrons. The highest BCUT2D eigenvalue weighted by molar-refractivity contribution is 5.88. The Bertz CT molecular complexity index is 1880. The third-order valence-electron chi connectivity index (χ3n) is 9.56. The fourth-order valence-corrected chi connectivity index (χ4v) is 7.15. The van der Waals surface area contributed by atoms with Crippen molar-refractivity contribution in [1.82, 2.24) is 25.3 Å². The monoisotopic (exact) mass is 582 g/mol. The third kappa shape index (κ3) is 4.44. The molecule has 220 valence electrons. The van der Waals surface area contributed by atoms with Gasteiger partial charge in [-0.3, -0.25) is 10.2 Å². The maximum atomic E-state index is 6.70. The maximum Gasteiger partial charge on any atom is 0.151 e. The smallest absolute Gasteiger partial charge is 0.151 e. The summed E-state index contributed by atoms with van der Waals surface area (Å²) < 4.78 is 12.1. The standard InChI is InChI=1S/C36H34N6O2/c1(2-12-41-20-36(21-41)22-43-23-36)3-13-42-32-10-6-26(24-4-8-30-28(14-24)18-37-39-30)16-34(32)44-35-17-27(7-11-33(35)42)25-5-9-31-29(15-25)19-38-40-31/h4-11,14-19H,1-3,12-13,20-23H2,(H,37,39)(H,38,40). The Kier molecular flexibility index (Phi) is 5.99. The van der Waals surface area contributed by atoms with Crippen LogP contribution >= 0.6 is 0 Å². The summed E-state index contributed by atoms with van der Waals surface area (Å²) in [5, 5.41) is 16.7. The number of aromatic nitrogens is 4. The van der Waals surface area contributed by atoms with E-state index >= 15 is 0 Å². The molecule has 8 nitrogen and oxygen atoms in total. The lowest BCUT2D eigenvalue weighted by Crippen LogP contribution is -2.65. The number of rotatable bonds is 8. The molecule has 9 rings (SSSR count). The van der Waals surface area contributed by atoms with Crippen LogP contribution in [0.4, 0.5) is 11.4 Å². The van der Waals surface area contributed by atoms with Crippen molar-refractivity contribution < 1.29 is 9.47 Å². The SMILES string of the molecule is c1cc2c(cc1-c1ccc3[nH]ncc3c1)Oc1cc(-c3ccc4[nH]ncc4c3)ccc1N2CCCCCN1CC2(COC2)C1. The van der Waals surface area contributed by atoms with E-state index < -0.39 is 0 Å². The lowest BCUT2D eigenvalue weighted by molar-refractivity contribution is -0.188. The van der Waals surface area contributed by atoms with Crippen LogP contribution in [-0.2, 0) is 4.74 Å². The lowest BCUT2D eigenvalue weighted by atomic mass is 9.78. The zero-order valence-electron chi connectivity index (χ0n) is 24.6. The topological polar surface area (TPSA) is 82.3 Å². The minimum atomic E-state index is 0.494. The van der Waals surface area contributed by atoms with E-state index in [1.807, 2.05) is 12.4 Å². The average molecular weight is 583 g/mol. The van der Waals surface area contributed by atoms with Crippen LogP contribution in [0.5, 0.6) is 11.5 Å². The van der Waals surface area contributed by atoms with Crippen LogP contribution < -0.4 is 9.64 Å². The van der Waals surface area contributed by atoms with Gasteiger partial charge in [-0.05, 0) is 90.2 Å². The van der Waals surface area contributed by atoms with Crippen molar-refractivity contribution in [3.8, 4) is 33.8 Å². The molecule has 0 aliphatic carbocycles. The fourth-order valence-electron chi connectivity index (χ4n) is 7.15. The van der Waals surface area contributed by atoms with Gasteiger partial charge in [-0.25, -0.2) is 0 Å². The number of ether oxygens (including phenoxy) is 2. The Balaban J connectivity index is 0.991. The molecule has 0 saturated carbocycles. The molecule has 6 aromatic rings. The summed E-state index contributed by atoms with van der Waals surface area (Å²) in [6, 6.07) is 26.0. The Hall–Kier alpha value is -4.66. The summed E-state index contributed by atoms with van der Waals surface area (Å²) in [5.41, 5.74) is 9.34.